The van der Waals surface area contributed by atoms with Gasteiger partial charge in [-0.05, 0) is 59.8 Å². The number of nitrogen functional groups attached to an aromatic ring is 1. The smallest absolute Gasteiger partial charge is 0.0488 e. The minimum absolute atomic E-state index is 0.565. The topological polar surface area (TPSA) is 38.0 Å². The fourth-order valence-corrected chi connectivity index (χ4v) is 2.12. The maximum atomic E-state index is 5.67. The summed E-state index contributed by atoms with van der Waals surface area (Å²) < 4.78 is 1.05. The standard InChI is InChI=1S/C11H15BrN2/c1-7(8-2-3-8)14-11-5-4-9(13)6-10(11)12/h4-8,14H,2-3,13H2,1H3. The third kappa shape index (κ3) is 2.21. The highest BCUT2D eigenvalue weighted by Crippen LogP contribution is 2.35. The highest BCUT2D eigenvalue weighted by atomic mass is 79.9. The zero-order valence-corrected chi connectivity index (χ0v) is 9.84. The van der Waals surface area contributed by atoms with E-state index in [1.54, 1.807) is 0 Å². The maximum absolute atomic E-state index is 5.67. The fourth-order valence-electron chi connectivity index (χ4n) is 1.61. The minimum Gasteiger partial charge on any atom is -0.399 e. The van der Waals surface area contributed by atoms with E-state index in [9.17, 15) is 0 Å². The van der Waals surface area contributed by atoms with Gasteiger partial charge in [0.1, 0.15) is 0 Å². The van der Waals surface area contributed by atoms with Gasteiger partial charge < -0.3 is 11.1 Å². The second kappa shape index (κ2) is 3.81. The number of anilines is 2. The monoisotopic (exact) mass is 254 g/mol. The number of rotatable bonds is 3. The lowest BCUT2D eigenvalue weighted by Gasteiger charge is -2.15. The van der Waals surface area contributed by atoms with E-state index in [0.717, 1.165) is 21.8 Å². The van der Waals surface area contributed by atoms with Crippen LogP contribution in [0.15, 0.2) is 22.7 Å². The van der Waals surface area contributed by atoms with Crippen LogP contribution >= 0.6 is 15.9 Å². The predicted octanol–water partition coefficient (Wildman–Crippen LogP) is 3.24. The average Bonchev–Trinajstić information content (AvgIpc) is 2.92. The summed E-state index contributed by atoms with van der Waals surface area (Å²) in [6.07, 6.45) is 2.72. The molecule has 1 aliphatic rings. The Labute approximate surface area is 93.0 Å². The number of hydrogen-bond donors (Lipinski definition) is 2. The molecular weight excluding hydrogens is 240 g/mol. The van der Waals surface area contributed by atoms with Gasteiger partial charge in [-0.15, -0.1) is 0 Å². The molecule has 1 atom stereocenters. The summed E-state index contributed by atoms with van der Waals surface area (Å²) in [5, 5.41) is 3.50. The van der Waals surface area contributed by atoms with Gasteiger partial charge in [-0.3, -0.25) is 0 Å². The Bertz CT molecular complexity index is 334. The third-order valence-corrected chi connectivity index (χ3v) is 3.36. The van der Waals surface area contributed by atoms with Crippen molar-refractivity contribution < 1.29 is 0 Å². The quantitative estimate of drug-likeness (QED) is 0.813. The van der Waals surface area contributed by atoms with Crippen LogP contribution in [0, 0.1) is 5.92 Å². The van der Waals surface area contributed by atoms with E-state index < -0.39 is 0 Å². The second-order valence-electron chi connectivity index (χ2n) is 4.01. The molecule has 2 nitrogen and oxygen atoms in total. The van der Waals surface area contributed by atoms with Crippen LogP contribution in [-0.4, -0.2) is 6.04 Å². The Morgan fingerprint density at radius 3 is 2.79 bits per heavy atom. The number of hydrogen-bond acceptors (Lipinski definition) is 2. The van der Waals surface area contributed by atoms with Gasteiger partial charge in [0.2, 0.25) is 0 Å². The summed E-state index contributed by atoms with van der Waals surface area (Å²) in [5.41, 5.74) is 7.60. The molecule has 0 spiro atoms. The number of halogens is 1. The Morgan fingerprint density at radius 1 is 1.50 bits per heavy atom. The molecule has 0 radical (unpaired) electrons. The third-order valence-electron chi connectivity index (χ3n) is 2.71. The molecule has 76 valence electrons. The molecule has 14 heavy (non-hydrogen) atoms. The fraction of sp³-hybridized carbons (Fsp3) is 0.455. The first-order valence-electron chi connectivity index (χ1n) is 4.98. The predicted molar refractivity (Wildman–Crippen MR) is 64.4 cm³/mol. The highest BCUT2D eigenvalue weighted by molar-refractivity contribution is 9.10. The Hall–Kier alpha value is -0.700. The van der Waals surface area contributed by atoms with E-state index in [-0.39, 0.29) is 0 Å². The molecule has 1 saturated carbocycles. The summed E-state index contributed by atoms with van der Waals surface area (Å²) in [5.74, 6) is 0.861. The number of nitrogens with two attached hydrogens (primary N) is 1. The summed E-state index contributed by atoms with van der Waals surface area (Å²) in [7, 11) is 0. The molecule has 1 aromatic rings. The summed E-state index contributed by atoms with van der Waals surface area (Å²) in [6.45, 7) is 2.24. The van der Waals surface area contributed by atoms with Crippen molar-refractivity contribution in [2.45, 2.75) is 25.8 Å². The van der Waals surface area contributed by atoms with E-state index in [0.29, 0.717) is 6.04 Å². The lowest BCUT2D eigenvalue weighted by atomic mass is 10.2. The van der Waals surface area contributed by atoms with E-state index in [1.165, 1.54) is 12.8 Å². The van der Waals surface area contributed by atoms with E-state index >= 15 is 0 Å². The molecule has 1 aliphatic carbocycles. The molecule has 0 bridgehead atoms. The van der Waals surface area contributed by atoms with Crippen molar-refractivity contribution in [2.24, 2.45) is 5.92 Å². The van der Waals surface area contributed by atoms with Gasteiger partial charge in [-0.2, -0.15) is 0 Å². The van der Waals surface area contributed by atoms with Crippen LogP contribution in [0.25, 0.3) is 0 Å². The second-order valence-corrected chi connectivity index (χ2v) is 4.86. The van der Waals surface area contributed by atoms with Crippen LogP contribution in [0.3, 0.4) is 0 Å². The normalized spacial score (nSPS) is 17.9. The van der Waals surface area contributed by atoms with Crippen molar-refractivity contribution in [1.82, 2.24) is 0 Å². The minimum atomic E-state index is 0.565. The molecule has 3 heteroatoms. The molecule has 1 fully saturated rings. The van der Waals surface area contributed by atoms with Gasteiger partial charge in [0, 0.05) is 21.9 Å². The average molecular weight is 255 g/mol. The summed E-state index contributed by atoms with van der Waals surface area (Å²) in [6, 6.07) is 6.45. The van der Waals surface area contributed by atoms with Crippen molar-refractivity contribution in [2.75, 3.05) is 11.1 Å². The highest BCUT2D eigenvalue weighted by Gasteiger charge is 2.27. The zero-order valence-electron chi connectivity index (χ0n) is 8.26. The molecule has 0 aromatic heterocycles. The molecule has 1 unspecified atom stereocenters. The molecule has 0 aliphatic heterocycles. The number of nitrogens with one attached hydrogen (secondary N) is 1. The summed E-state index contributed by atoms with van der Waals surface area (Å²) in [4.78, 5) is 0. The first-order valence-corrected chi connectivity index (χ1v) is 5.77. The SMILES string of the molecule is CC(Nc1ccc(N)cc1Br)C1CC1. The van der Waals surface area contributed by atoms with Crippen LogP contribution in [0.4, 0.5) is 11.4 Å². The van der Waals surface area contributed by atoms with Gasteiger partial charge in [-0.1, -0.05) is 0 Å². The first kappa shape index (κ1) is 9.84. The van der Waals surface area contributed by atoms with Gasteiger partial charge in [0.15, 0.2) is 0 Å². The molecule has 0 saturated heterocycles. The number of benzene rings is 1. The van der Waals surface area contributed by atoms with E-state index in [2.05, 4.69) is 28.2 Å². The van der Waals surface area contributed by atoms with Gasteiger partial charge in [-0.25, -0.2) is 0 Å². The van der Waals surface area contributed by atoms with Crippen LogP contribution < -0.4 is 11.1 Å². The van der Waals surface area contributed by atoms with Gasteiger partial charge in [0.25, 0.3) is 0 Å². The molecule has 3 N–H and O–H groups in total. The van der Waals surface area contributed by atoms with Crippen LogP contribution in [0.1, 0.15) is 19.8 Å². The van der Waals surface area contributed by atoms with Crippen molar-refractivity contribution >= 4 is 27.3 Å². The first-order chi connectivity index (χ1) is 6.66. The van der Waals surface area contributed by atoms with E-state index in [4.69, 9.17) is 5.73 Å². The van der Waals surface area contributed by atoms with Crippen LogP contribution in [0.2, 0.25) is 0 Å². The molecule has 2 rings (SSSR count). The largest absolute Gasteiger partial charge is 0.399 e. The molecule has 1 aromatic carbocycles. The van der Waals surface area contributed by atoms with Crippen molar-refractivity contribution in [3.8, 4) is 0 Å². The summed E-state index contributed by atoms with van der Waals surface area (Å²) >= 11 is 3.50. The lowest BCUT2D eigenvalue weighted by Crippen LogP contribution is -2.17. The molecular formula is C11H15BrN2. The van der Waals surface area contributed by atoms with Crippen molar-refractivity contribution in [3.05, 3.63) is 22.7 Å². The Morgan fingerprint density at radius 2 is 2.21 bits per heavy atom. The Kier molecular flexibility index (Phi) is 2.68. The van der Waals surface area contributed by atoms with Crippen molar-refractivity contribution in [1.29, 1.82) is 0 Å². The van der Waals surface area contributed by atoms with Gasteiger partial charge >= 0.3 is 0 Å². The van der Waals surface area contributed by atoms with Crippen LogP contribution in [-0.2, 0) is 0 Å². The molecule has 0 amide bonds. The molecule has 0 heterocycles. The maximum Gasteiger partial charge on any atom is 0.0488 e. The Balaban J connectivity index is 2.07. The lowest BCUT2D eigenvalue weighted by molar-refractivity contribution is 0.694. The zero-order chi connectivity index (χ0) is 10.1. The van der Waals surface area contributed by atoms with Crippen molar-refractivity contribution in [3.63, 3.8) is 0 Å². The van der Waals surface area contributed by atoms with Gasteiger partial charge in [0.05, 0.1) is 0 Å². The van der Waals surface area contributed by atoms with Crippen LogP contribution in [0.5, 0.6) is 0 Å². The van der Waals surface area contributed by atoms with E-state index in [1.807, 2.05) is 18.2 Å².